The molecule has 0 aromatic carbocycles. The Morgan fingerprint density at radius 2 is 1.93 bits per heavy atom. The van der Waals surface area contributed by atoms with E-state index in [0.717, 1.165) is 0 Å². The van der Waals surface area contributed by atoms with Crippen molar-refractivity contribution < 1.29 is 19.4 Å². The first-order chi connectivity index (χ1) is 6.44. The van der Waals surface area contributed by atoms with Gasteiger partial charge >= 0.3 is 5.97 Å². The van der Waals surface area contributed by atoms with Crippen LogP contribution in [0.1, 0.15) is 26.7 Å². The van der Waals surface area contributed by atoms with Gasteiger partial charge in [-0.25, -0.2) is 0 Å². The van der Waals surface area contributed by atoms with Crippen molar-refractivity contribution in [2.24, 2.45) is 5.41 Å². The van der Waals surface area contributed by atoms with E-state index < -0.39 is 11.0 Å². The quantitative estimate of drug-likeness (QED) is 0.671. The fourth-order valence-electron chi connectivity index (χ4n) is 1.98. The number of rotatable bonds is 2. The number of hydrogen-bond donors (Lipinski definition) is 1. The summed E-state index contributed by atoms with van der Waals surface area (Å²) in [5, 5.41) is 10.0. The van der Waals surface area contributed by atoms with Crippen LogP contribution in [0.4, 0.5) is 0 Å². The van der Waals surface area contributed by atoms with E-state index in [9.17, 15) is 9.90 Å². The summed E-state index contributed by atoms with van der Waals surface area (Å²) in [5.41, 5.74) is -1.87. The lowest BCUT2D eigenvalue weighted by atomic mass is 9.68. The van der Waals surface area contributed by atoms with Gasteiger partial charge in [-0.1, -0.05) is 0 Å². The van der Waals surface area contributed by atoms with Crippen LogP contribution in [0.2, 0.25) is 0 Å². The van der Waals surface area contributed by atoms with Crippen molar-refractivity contribution in [1.29, 1.82) is 0 Å². The van der Waals surface area contributed by atoms with E-state index in [1.165, 1.54) is 7.11 Å². The minimum absolute atomic E-state index is 0.340. The van der Waals surface area contributed by atoms with Crippen molar-refractivity contribution >= 4 is 5.97 Å². The maximum absolute atomic E-state index is 11.7. The smallest absolute Gasteiger partial charge is 0.314 e. The molecule has 0 radical (unpaired) electrons. The molecule has 4 nitrogen and oxygen atoms in total. The zero-order valence-corrected chi connectivity index (χ0v) is 9.00. The van der Waals surface area contributed by atoms with E-state index in [2.05, 4.69) is 0 Å². The minimum Gasteiger partial charge on any atom is -0.469 e. The molecule has 1 fully saturated rings. The van der Waals surface area contributed by atoms with Gasteiger partial charge in [0.1, 0.15) is 5.41 Å². The first-order valence-corrected chi connectivity index (χ1v) is 4.82. The molecule has 14 heavy (non-hydrogen) atoms. The highest BCUT2D eigenvalue weighted by atomic mass is 16.5. The van der Waals surface area contributed by atoms with Crippen LogP contribution in [0.5, 0.6) is 0 Å². The Hall–Kier alpha value is -0.610. The van der Waals surface area contributed by atoms with Gasteiger partial charge in [0.15, 0.2) is 0 Å². The lowest BCUT2D eigenvalue weighted by molar-refractivity contribution is -0.181. The second-order valence-electron chi connectivity index (χ2n) is 4.25. The molecule has 0 amide bonds. The minimum atomic E-state index is -1.07. The van der Waals surface area contributed by atoms with E-state index in [4.69, 9.17) is 9.47 Å². The SMILES string of the molecule is COC(=O)C1(C(C)(C)O)CCOCC1. The Balaban J connectivity index is 2.94. The van der Waals surface area contributed by atoms with Gasteiger partial charge in [0.05, 0.1) is 12.7 Å². The van der Waals surface area contributed by atoms with Gasteiger partial charge in [-0.05, 0) is 26.7 Å². The van der Waals surface area contributed by atoms with Gasteiger partial charge in [-0.3, -0.25) is 4.79 Å². The van der Waals surface area contributed by atoms with Crippen LogP contribution in [0.25, 0.3) is 0 Å². The molecule has 82 valence electrons. The molecular formula is C10H18O4. The number of carbonyl (C=O) groups is 1. The summed E-state index contributed by atoms with van der Waals surface area (Å²) in [6.45, 7) is 4.29. The average Bonchev–Trinajstić information content (AvgIpc) is 2.16. The molecule has 0 saturated carbocycles. The van der Waals surface area contributed by atoms with Crippen molar-refractivity contribution in [3.8, 4) is 0 Å². The summed E-state index contributed by atoms with van der Waals surface area (Å²) in [6, 6.07) is 0. The Morgan fingerprint density at radius 3 is 2.29 bits per heavy atom. The number of methoxy groups -OCH3 is 1. The molecule has 0 bridgehead atoms. The summed E-state index contributed by atoms with van der Waals surface area (Å²) < 4.78 is 9.96. The van der Waals surface area contributed by atoms with Gasteiger partial charge in [0.25, 0.3) is 0 Å². The predicted octanol–water partition coefficient (Wildman–Crippen LogP) is 0.727. The maximum atomic E-state index is 11.7. The van der Waals surface area contributed by atoms with Crippen LogP contribution in [-0.4, -0.2) is 37.0 Å². The van der Waals surface area contributed by atoms with E-state index in [0.29, 0.717) is 26.1 Å². The van der Waals surface area contributed by atoms with Gasteiger partial charge < -0.3 is 14.6 Å². The molecule has 0 unspecified atom stereocenters. The van der Waals surface area contributed by atoms with E-state index in [1.807, 2.05) is 0 Å². The van der Waals surface area contributed by atoms with Gasteiger partial charge in [0, 0.05) is 13.2 Å². The van der Waals surface area contributed by atoms with E-state index in [-0.39, 0.29) is 5.97 Å². The molecule has 1 rings (SSSR count). The van der Waals surface area contributed by atoms with E-state index in [1.54, 1.807) is 13.8 Å². The van der Waals surface area contributed by atoms with Crippen molar-refractivity contribution in [2.75, 3.05) is 20.3 Å². The number of carbonyl (C=O) groups excluding carboxylic acids is 1. The van der Waals surface area contributed by atoms with Gasteiger partial charge in [-0.2, -0.15) is 0 Å². The summed E-state index contributed by atoms with van der Waals surface area (Å²) in [7, 11) is 1.35. The first-order valence-electron chi connectivity index (χ1n) is 4.82. The monoisotopic (exact) mass is 202 g/mol. The number of hydrogen-bond acceptors (Lipinski definition) is 4. The highest BCUT2D eigenvalue weighted by Crippen LogP contribution is 2.41. The first kappa shape index (κ1) is 11.5. The third-order valence-electron chi connectivity index (χ3n) is 3.09. The third kappa shape index (κ3) is 1.77. The normalized spacial score (nSPS) is 21.7. The largest absolute Gasteiger partial charge is 0.469 e. The molecule has 1 heterocycles. The van der Waals surface area contributed by atoms with Crippen LogP contribution in [0.3, 0.4) is 0 Å². The molecule has 0 spiro atoms. The van der Waals surface area contributed by atoms with Crippen LogP contribution < -0.4 is 0 Å². The summed E-state index contributed by atoms with van der Waals surface area (Å²) in [6.07, 6.45) is 1.03. The summed E-state index contributed by atoms with van der Waals surface area (Å²) >= 11 is 0. The Bertz CT molecular complexity index is 211. The zero-order valence-electron chi connectivity index (χ0n) is 9.00. The van der Waals surface area contributed by atoms with Gasteiger partial charge in [0.2, 0.25) is 0 Å². The molecule has 1 aliphatic heterocycles. The molecule has 0 aromatic rings. The van der Waals surface area contributed by atoms with Crippen LogP contribution in [0.15, 0.2) is 0 Å². The van der Waals surface area contributed by atoms with Crippen LogP contribution >= 0.6 is 0 Å². The second-order valence-corrected chi connectivity index (χ2v) is 4.25. The van der Waals surface area contributed by atoms with Crippen LogP contribution in [-0.2, 0) is 14.3 Å². The molecule has 0 aromatic heterocycles. The topological polar surface area (TPSA) is 55.8 Å². The Kier molecular flexibility index (Phi) is 3.17. The third-order valence-corrected chi connectivity index (χ3v) is 3.09. The maximum Gasteiger partial charge on any atom is 0.314 e. The lowest BCUT2D eigenvalue weighted by Crippen LogP contribution is -2.53. The standard InChI is InChI=1S/C10H18O4/c1-9(2,12)10(8(11)13-3)4-6-14-7-5-10/h12H,4-7H2,1-3H3. The number of ether oxygens (including phenoxy) is 2. The summed E-state index contributed by atoms with van der Waals surface area (Å²) in [5.74, 6) is -0.340. The molecule has 1 aliphatic rings. The van der Waals surface area contributed by atoms with Crippen molar-refractivity contribution in [3.63, 3.8) is 0 Å². The fourth-order valence-corrected chi connectivity index (χ4v) is 1.98. The molecule has 0 aliphatic carbocycles. The molecule has 0 atom stereocenters. The van der Waals surface area contributed by atoms with Crippen LogP contribution in [0, 0.1) is 5.41 Å². The lowest BCUT2D eigenvalue weighted by Gasteiger charge is -2.43. The van der Waals surface area contributed by atoms with Gasteiger partial charge in [-0.15, -0.1) is 0 Å². The molecule has 1 saturated heterocycles. The molecule has 4 heteroatoms. The predicted molar refractivity (Wildman–Crippen MR) is 50.8 cm³/mol. The Morgan fingerprint density at radius 1 is 1.43 bits per heavy atom. The highest BCUT2D eigenvalue weighted by Gasteiger charge is 2.52. The second kappa shape index (κ2) is 3.87. The molecular weight excluding hydrogens is 184 g/mol. The fraction of sp³-hybridized carbons (Fsp3) is 0.900. The zero-order chi connectivity index (χ0) is 10.8. The number of esters is 1. The van der Waals surface area contributed by atoms with Crippen molar-refractivity contribution in [3.05, 3.63) is 0 Å². The van der Waals surface area contributed by atoms with Crippen molar-refractivity contribution in [1.82, 2.24) is 0 Å². The van der Waals surface area contributed by atoms with Crippen molar-refractivity contribution in [2.45, 2.75) is 32.3 Å². The average molecular weight is 202 g/mol. The molecule has 1 N–H and O–H groups in total. The summed E-state index contributed by atoms with van der Waals surface area (Å²) in [4.78, 5) is 11.7. The number of aliphatic hydroxyl groups is 1. The highest BCUT2D eigenvalue weighted by molar-refractivity contribution is 5.78. The Labute approximate surface area is 84.2 Å². The van der Waals surface area contributed by atoms with E-state index >= 15 is 0 Å².